The van der Waals surface area contributed by atoms with Crippen molar-refractivity contribution >= 4 is 39.2 Å². The normalized spacial score (nSPS) is 15.0. The lowest BCUT2D eigenvalue weighted by Gasteiger charge is -2.33. The number of rotatable bonds is 5. The van der Waals surface area contributed by atoms with E-state index in [2.05, 4.69) is 5.32 Å². The average Bonchev–Trinajstić information content (AvgIpc) is 3.35. The van der Waals surface area contributed by atoms with Gasteiger partial charge >= 0.3 is 6.09 Å². The highest BCUT2D eigenvalue weighted by Crippen LogP contribution is 2.29. The number of ether oxygens (including phenoxy) is 2. The molecular weight excluding hydrogens is 438 g/mol. The third-order valence-electron chi connectivity index (χ3n) is 5.77. The van der Waals surface area contributed by atoms with Gasteiger partial charge in [0.1, 0.15) is 17.0 Å². The zero-order chi connectivity index (χ0) is 23.6. The summed E-state index contributed by atoms with van der Waals surface area (Å²) in [7, 11) is 1.90. The number of para-hydroxylation sites is 2. The predicted octanol–water partition coefficient (Wildman–Crippen LogP) is 5.52. The van der Waals surface area contributed by atoms with Gasteiger partial charge in [-0.15, -0.1) is 11.3 Å². The van der Waals surface area contributed by atoms with Crippen LogP contribution in [-0.4, -0.2) is 46.8 Å². The van der Waals surface area contributed by atoms with Crippen LogP contribution in [0.15, 0.2) is 41.8 Å². The minimum atomic E-state index is -0.486. The molecule has 0 atom stereocenters. The molecule has 4 rings (SSSR count). The zero-order valence-corrected chi connectivity index (χ0v) is 20.4. The number of anilines is 1. The number of carbonyl (C=O) groups is 2. The van der Waals surface area contributed by atoms with Crippen LogP contribution in [0.1, 0.15) is 44.1 Å². The maximum absolute atomic E-state index is 12.9. The van der Waals surface area contributed by atoms with E-state index < -0.39 is 5.60 Å². The first-order chi connectivity index (χ1) is 15.7. The Morgan fingerprint density at radius 1 is 1.15 bits per heavy atom. The van der Waals surface area contributed by atoms with Gasteiger partial charge < -0.3 is 24.3 Å². The second kappa shape index (κ2) is 9.47. The van der Waals surface area contributed by atoms with Gasteiger partial charge in [-0.25, -0.2) is 4.79 Å². The van der Waals surface area contributed by atoms with Crippen LogP contribution in [0.25, 0.3) is 10.2 Å². The van der Waals surface area contributed by atoms with Crippen LogP contribution in [-0.2, 0) is 11.8 Å². The molecule has 0 saturated carbocycles. The quantitative estimate of drug-likeness (QED) is 0.534. The molecule has 0 aliphatic carbocycles. The molecule has 176 valence electrons. The largest absolute Gasteiger partial charge is 0.491 e. The van der Waals surface area contributed by atoms with Gasteiger partial charge in [0.2, 0.25) is 0 Å². The minimum Gasteiger partial charge on any atom is -0.491 e. The zero-order valence-electron chi connectivity index (χ0n) is 19.6. The molecule has 1 N–H and O–H groups in total. The summed E-state index contributed by atoms with van der Waals surface area (Å²) in [6.07, 6.45) is 1.46. The number of thiophene rings is 1. The van der Waals surface area contributed by atoms with Crippen molar-refractivity contribution in [3.8, 4) is 5.75 Å². The molecule has 1 fully saturated rings. The van der Waals surface area contributed by atoms with Crippen LogP contribution in [0, 0.1) is 5.92 Å². The highest BCUT2D eigenvalue weighted by Gasteiger charge is 2.27. The van der Waals surface area contributed by atoms with Gasteiger partial charge in [-0.05, 0) is 69.2 Å². The first-order valence-corrected chi connectivity index (χ1v) is 12.1. The number of likely N-dealkylation sites (tertiary alicyclic amines) is 1. The summed E-state index contributed by atoms with van der Waals surface area (Å²) in [4.78, 5) is 27.0. The number of benzene rings is 1. The van der Waals surface area contributed by atoms with E-state index in [9.17, 15) is 9.59 Å². The van der Waals surface area contributed by atoms with Crippen molar-refractivity contribution in [2.75, 3.05) is 25.0 Å². The summed E-state index contributed by atoms with van der Waals surface area (Å²) >= 11 is 1.62. The predicted molar refractivity (Wildman–Crippen MR) is 131 cm³/mol. The van der Waals surface area contributed by atoms with Crippen LogP contribution >= 0.6 is 11.3 Å². The second-order valence-corrected chi connectivity index (χ2v) is 10.4. The highest BCUT2D eigenvalue weighted by atomic mass is 32.1. The fourth-order valence-corrected chi connectivity index (χ4v) is 4.82. The van der Waals surface area contributed by atoms with E-state index in [1.807, 2.05) is 74.2 Å². The number of fused-ring (bicyclic) bond motifs is 1. The van der Waals surface area contributed by atoms with Crippen molar-refractivity contribution in [1.82, 2.24) is 9.47 Å². The fourth-order valence-electron chi connectivity index (χ4n) is 3.97. The van der Waals surface area contributed by atoms with Crippen LogP contribution in [0.2, 0.25) is 0 Å². The average molecular weight is 470 g/mol. The first-order valence-electron chi connectivity index (χ1n) is 11.3. The van der Waals surface area contributed by atoms with Crippen molar-refractivity contribution in [3.05, 3.63) is 47.5 Å². The van der Waals surface area contributed by atoms with E-state index >= 15 is 0 Å². The van der Waals surface area contributed by atoms with E-state index in [-0.39, 0.29) is 12.0 Å². The summed E-state index contributed by atoms with van der Waals surface area (Å²) < 4.78 is 14.6. The Balaban J connectivity index is 1.33. The fraction of sp³-hybridized carbons (Fsp3) is 0.440. The smallest absolute Gasteiger partial charge is 0.410 e. The van der Waals surface area contributed by atoms with Crippen molar-refractivity contribution in [2.24, 2.45) is 13.0 Å². The third-order valence-corrected chi connectivity index (χ3v) is 6.63. The van der Waals surface area contributed by atoms with Gasteiger partial charge in [-0.3, -0.25) is 4.79 Å². The number of carbonyl (C=O) groups excluding carboxylic acids is 2. The maximum Gasteiger partial charge on any atom is 0.410 e. The number of nitrogens with zero attached hydrogens (tertiary/aromatic N) is 2. The Bertz CT molecular complexity index is 1140. The lowest BCUT2D eigenvalue weighted by Crippen LogP contribution is -2.42. The molecule has 33 heavy (non-hydrogen) atoms. The highest BCUT2D eigenvalue weighted by molar-refractivity contribution is 7.17. The van der Waals surface area contributed by atoms with Crippen molar-refractivity contribution in [2.45, 2.75) is 39.2 Å². The summed E-state index contributed by atoms with van der Waals surface area (Å²) in [6, 6.07) is 11.4. The van der Waals surface area contributed by atoms with Crippen LogP contribution in [0.4, 0.5) is 10.5 Å². The van der Waals surface area contributed by atoms with Crippen LogP contribution < -0.4 is 10.1 Å². The SMILES string of the molecule is Cn1c(C(=O)Nc2ccccc2OCC2CCN(C(=O)OC(C)(C)C)CC2)cc2sccc21. The molecule has 8 heteroatoms. The van der Waals surface area contributed by atoms with Crippen molar-refractivity contribution in [1.29, 1.82) is 0 Å². The van der Waals surface area contributed by atoms with Gasteiger partial charge in [0.15, 0.2) is 0 Å². The van der Waals surface area contributed by atoms with E-state index in [1.54, 1.807) is 16.2 Å². The molecule has 7 nitrogen and oxygen atoms in total. The summed E-state index contributed by atoms with van der Waals surface area (Å²) in [5.74, 6) is 0.825. The summed E-state index contributed by atoms with van der Waals surface area (Å²) in [5.41, 5.74) is 1.83. The Morgan fingerprint density at radius 2 is 1.88 bits per heavy atom. The first kappa shape index (κ1) is 23.2. The van der Waals surface area contributed by atoms with Crippen molar-refractivity contribution in [3.63, 3.8) is 0 Å². The van der Waals surface area contributed by atoms with Gasteiger partial charge in [0, 0.05) is 20.1 Å². The third kappa shape index (κ3) is 5.50. The minimum absolute atomic E-state index is 0.164. The van der Waals surface area contributed by atoms with Gasteiger partial charge in [-0.2, -0.15) is 0 Å². The van der Waals surface area contributed by atoms with Crippen LogP contribution in [0.5, 0.6) is 5.75 Å². The Hall–Kier alpha value is -3.00. The Labute approximate surface area is 198 Å². The number of hydrogen-bond acceptors (Lipinski definition) is 5. The summed E-state index contributed by atoms with van der Waals surface area (Å²) in [5, 5.41) is 5.02. The van der Waals surface area contributed by atoms with E-state index in [0.717, 1.165) is 23.1 Å². The van der Waals surface area contributed by atoms with Crippen molar-refractivity contribution < 1.29 is 19.1 Å². The molecule has 1 aliphatic rings. The molecule has 0 bridgehead atoms. The van der Waals surface area contributed by atoms with Crippen LogP contribution in [0.3, 0.4) is 0 Å². The molecular formula is C25H31N3O4S. The molecule has 3 heterocycles. The number of piperidine rings is 1. The van der Waals surface area contributed by atoms with E-state index in [0.29, 0.717) is 42.7 Å². The standard InChI is InChI=1S/C25H31N3O4S/c1-25(2,3)32-24(30)28-12-9-17(10-13-28)16-31-21-8-6-5-7-18(21)26-23(29)20-15-22-19(27(20)4)11-14-33-22/h5-8,11,14-15,17H,9-10,12-13,16H2,1-4H3,(H,26,29). The Kier molecular flexibility index (Phi) is 6.65. The molecule has 3 aromatic rings. The molecule has 1 aliphatic heterocycles. The Morgan fingerprint density at radius 3 is 2.58 bits per heavy atom. The lowest BCUT2D eigenvalue weighted by atomic mass is 9.98. The maximum atomic E-state index is 12.9. The monoisotopic (exact) mass is 469 g/mol. The molecule has 0 radical (unpaired) electrons. The van der Waals surface area contributed by atoms with E-state index in [1.165, 1.54) is 0 Å². The number of amides is 2. The number of aryl methyl sites for hydroxylation is 1. The number of nitrogens with one attached hydrogen (secondary N) is 1. The van der Waals surface area contributed by atoms with E-state index in [4.69, 9.17) is 9.47 Å². The number of hydrogen-bond donors (Lipinski definition) is 1. The van der Waals surface area contributed by atoms with Gasteiger partial charge in [-0.1, -0.05) is 12.1 Å². The van der Waals surface area contributed by atoms with Gasteiger partial charge in [0.05, 0.1) is 22.5 Å². The molecule has 0 unspecified atom stereocenters. The molecule has 0 spiro atoms. The second-order valence-electron chi connectivity index (χ2n) is 9.43. The number of aromatic nitrogens is 1. The molecule has 1 saturated heterocycles. The molecule has 1 aromatic carbocycles. The molecule has 2 amide bonds. The topological polar surface area (TPSA) is 72.8 Å². The van der Waals surface area contributed by atoms with Gasteiger partial charge in [0.25, 0.3) is 5.91 Å². The molecule has 2 aromatic heterocycles. The summed E-state index contributed by atoms with van der Waals surface area (Å²) in [6.45, 7) is 7.49. The lowest BCUT2D eigenvalue weighted by molar-refractivity contribution is 0.0165.